The number of hydrogen-bond donors (Lipinski definition) is 1. The van der Waals surface area contributed by atoms with Gasteiger partial charge in [0.25, 0.3) is 0 Å². The molecule has 8 nitrogen and oxygen atoms in total. The second-order valence-electron chi connectivity index (χ2n) is 11.3. The maximum atomic E-state index is 13.9. The van der Waals surface area contributed by atoms with E-state index in [1.807, 2.05) is 121 Å². The molecular formula is C37H42O8S. The van der Waals surface area contributed by atoms with E-state index >= 15 is 0 Å². The van der Waals surface area contributed by atoms with E-state index in [9.17, 15) is 13.5 Å². The largest absolute Gasteiger partial charge is 0.396 e. The van der Waals surface area contributed by atoms with Gasteiger partial charge in [0.2, 0.25) is 0 Å². The SMILES string of the molecule is O=S(=O)(CCCO)[C@H]1O[C@@H](COCc2ccccc2)[C@H](OCc2ccccc2)[C@@H](OCc2ccccc2)[C@@H]1OCc1ccccc1. The van der Waals surface area contributed by atoms with Crippen LogP contribution in [0.4, 0.5) is 0 Å². The molecule has 9 heteroatoms. The first-order valence-electron chi connectivity index (χ1n) is 15.6. The predicted molar refractivity (Wildman–Crippen MR) is 175 cm³/mol. The normalized spacial score (nSPS) is 21.6. The molecule has 0 amide bonds. The van der Waals surface area contributed by atoms with E-state index in [1.165, 1.54) is 0 Å². The zero-order chi connectivity index (χ0) is 32.0. The molecule has 244 valence electrons. The highest BCUT2D eigenvalue weighted by atomic mass is 32.2. The van der Waals surface area contributed by atoms with E-state index in [1.54, 1.807) is 0 Å². The van der Waals surface area contributed by atoms with Gasteiger partial charge in [-0.25, -0.2) is 8.42 Å². The van der Waals surface area contributed by atoms with Gasteiger partial charge in [-0.1, -0.05) is 121 Å². The van der Waals surface area contributed by atoms with Gasteiger partial charge >= 0.3 is 0 Å². The van der Waals surface area contributed by atoms with Crippen LogP contribution in [0.2, 0.25) is 0 Å². The van der Waals surface area contributed by atoms with Gasteiger partial charge in [0.1, 0.15) is 24.4 Å². The Bertz CT molecular complexity index is 1520. The number of sulfone groups is 1. The second-order valence-corrected chi connectivity index (χ2v) is 13.5. The lowest BCUT2D eigenvalue weighted by molar-refractivity contribution is -0.256. The minimum Gasteiger partial charge on any atom is -0.396 e. The number of aliphatic hydroxyl groups is 1. The van der Waals surface area contributed by atoms with Gasteiger partial charge in [-0.3, -0.25) is 0 Å². The molecule has 0 unspecified atom stereocenters. The molecule has 1 heterocycles. The summed E-state index contributed by atoms with van der Waals surface area (Å²) in [6, 6.07) is 38.7. The Labute approximate surface area is 271 Å². The Morgan fingerprint density at radius 2 is 0.978 bits per heavy atom. The van der Waals surface area contributed by atoms with Crippen LogP contribution in [0, 0.1) is 0 Å². The van der Waals surface area contributed by atoms with Gasteiger partial charge in [0, 0.05) is 6.61 Å². The van der Waals surface area contributed by atoms with Crippen LogP contribution in [0.25, 0.3) is 0 Å². The molecule has 1 N–H and O–H groups in total. The highest BCUT2D eigenvalue weighted by molar-refractivity contribution is 7.91. The fourth-order valence-electron chi connectivity index (χ4n) is 5.42. The summed E-state index contributed by atoms with van der Waals surface area (Å²) in [7, 11) is -3.91. The van der Waals surface area contributed by atoms with E-state index in [2.05, 4.69) is 0 Å². The maximum Gasteiger partial charge on any atom is 0.187 e. The van der Waals surface area contributed by atoms with Gasteiger partial charge in [0.15, 0.2) is 15.3 Å². The zero-order valence-electron chi connectivity index (χ0n) is 25.8. The molecule has 1 aliphatic rings. The van der Waals surface area contributed by atoms with Crippen molar-refractivity contribution in [3.63, 3.8) is 0 Å². The third kappa shape index (κ3) is 9.80. The summed E-state index contributed by atoms with van der Waals surface area (Å²) in [6.45, 7) is 0.731. The van der Waals surface area contributed by atoms with Crippen molar-refractivity contribution in [3.05, 3.63) is 144 Å². The molecule has 5 atom stereocenters. The van der Waals surface area contributed by atoms with Gasteiger partial charge in [-0.15, -0.1) is 0 Å². The molecule has 0 aromatic heterocycles. The second kappa shape index (κ2) is 17.5. The number of aliphatic hydroxyl groups excluding tert-OH is 1. The monoisotopic (exact) mass is 646 g/mol. The van der Waals surface area contributed by atoms with Gasteiger partial charge < -0.3 is 28.8 Å². The molecule has 5 rings (SSSR count). The summed E-state index contributed by atoms with van der Waals surface area (Å²) in [4.78, 5) is 0. The van der Waals surface area contributed by atoms with Crippen LogP contribution in [-0.4, -0.2) is 62.3 Å². The van der Waals surface area contributed by atoms with Gasteiger partial charge in [-0.05, 0) is 28.7 Å². The molecule has 0 bridgehead atoms. The van der Waals surface area contributed by atoms with Crippen molar-refractivity contribution in [2.75, 3.05) is 19.0 Å². The van der Waals surface area contributed by atoms with E-state index < -0.39 is 39.7 Å². The maximum absolute atomic E-state index is 13.9. The van der Waals surface area contributed by atoms with Crippen LogP contribution in [0.3, 0.4) is 0 Å². The van der Waals surface area contributed by atoms with Crippen molar-refractivity contribution >= 4 is 9.84 Å². The van der Waals surface area contributed by atoms with Gasteiger partial charge in [0.05, 0.1) is 38.8 Å². The van der Waals surface area contributed by atoms with Crippen molar-refractivity contribution in [1.29, 1.82) is 0 Å². The van der Waals surface area contributed by atoms with Crippen LogP contribution in [0.1, 0.15) is 28.7 Å². The van der Waals surface area contributed by atoms with Crippen molar-refractivity contribution in [2.45, 2.75) is 62.7 Å². The molecule has 0 aliphatic carbocycles. The third-order valence-electron chi connectivity index (χ3n) is 7.78. The summed E-state index contributed by atoms with van der Waals surface area (Å²) >= 11 is 0. The standard InChI is InChI=1S/C37H42O8S/c38-22-13-23-46(39,40)37-36(44-27-32-20-11-4-12-21-32)35(43-26-31-18-9-3-10-19-31)34(42-25-30-16-7-2-8-17-30)33(45-37)28-41-24-29-14-5-1-6-15-29/h1-12,14-21,33-38H,13,22-28H2/t33-,34-,35+,36-,37+/m0/s1. The Morgan fingerprint density at radius 1 is 0.565 bits per heavy atom. The van der Waals surface area contributed by atoms with E-state index in [-0.39, 0.29) is 45.2 Å². The quantitative estimate of drug-likeness (QED) is 0.161. The summed E-state index contributed by atoms with van der Waals surface area (Å²) < 4.78 is 59.9. The first-order valence-corrected chi connectivity index (χ1v) is 17.3. The van der Waals surface area contributed by atoms with Crippen molar-refractivity contribution in [2.24, 2.45) is 0 Å². The third-order valence-corrected chi connectivity index (χ3v) is 9.73. The Balaban J connectivity index is 1.48. The van der Waals surface area contributed by atoms with Crippen molar-refractivity contribution in [3.8, 4) is 0 Å². The molecule has 4 aromatic carbocycles. The smallest absolute Gasteiger partial charge is 0.187 e. The fraction of sp³-hybridized carbons (Fsp3) is 0.351. The topological polar surface area (TPSA) is 101 Å². The van der Waals surface area contributed by atoms with Crippen molar-refractivity contribution in [1.82, 2.24) is 0 Å². The Hall–Kier alpha value is -3.41. The number of benzene rings is 4. The average molecular weight is 647 g/mol. The zero-order valence-corrected chi connectivity index (χ0v) is 26.6. The number of rotatable bonds is 17. The van der Waals surface area contributed by atoms with Crippen LogP contribution in [0.15, 0.2) is 121 Å². The first kappa shape index (κ1) is 33.9. The lowest BCUT2D eigenvalue weighted by Crippen LogP contribution is -2.63. The number of ether oxygens (including phenoxy) is 5. The summed E-state index contributed by atoms with van der Waals surface area (Å²) in [6.07, 6.45) is -3.31. The predicted octanol–water partition coefficient (Wildman–Crippen LogP) is 5.48. The van der Waals surface area contributed by atoms with Crippen LogP contribution in [-0.2, 0) is 59.9 Å². The van der Waals surface area contributed by atoms with E-state index in [4.69, 9.17) is 23.7 Å². The minimum atomic E-state index is -3.91. The first-order chi connectivity index (χ1) is 22.5. The molecule has 1 saturated heterocycles. The van der Waals surface area contributed by atoms with Crippen molar-refractivity contribution < 1.29 is 37.2 Å². The molecular weight excluding hydrogens is 604 g/mol. The van der Waals surface area contributed by atoms with E-state index in [0.29, 0.717) is 6.61 Å². The molecule has 1 aliphatic heterocycles. The molecule has 0 spiro atoms. The van der Waals surface area contributed by atoms with Crippen LogP contribution >= 0.6 is 0 Å². The summed E-state index contributed by atoms with van der Waals surface area (Å²) in [5.74, 6) is -0.266. The van der Waals surface area contributed by atoms with E-state index in [0.717, 1.165) is 22.3 Å². The lowest BCUT2D eigenvalue weighted by atomic mass is 9.98. The minimum absolute atomic E-state index is 0.0664. The fourth-order valence-corrected chi connectivity index (χ4v) is 7.14. The number of hydrogen-bond acceptors (Lipinski definition) is 8. The highest BCUT2D eigenvalue weighted by Crippen LogP contribution is 2.33. The Kier molecular flexibility index (Phi) is 12.9. The molecule has 46 heavy (non-hydrogen) atoms. The highest BCUT2D eigenvalue weighted by Gasteiger charge is 2.52. The average Bonchev–Trinajstić information content (AvgIpc) is 3.10. The van der Waals surface area contributed by atoms with Gasteiger partial charge in [-0.2, -0.15) is 0 Å². The molecule has 0 radical (unpaired) electrons. The lowest BCUT2D eigenvalue weighted by Gasteiger charge is -2.45. The van der Waals surface area contributed by atoms with Crippen LogP contribution < -0.4 is 0 Å². The van der Waals surface area contributed by atoms with Crippen LogP contribution in [0.5, 0.6) is 0 Å². The summed E-state index contributed by atoms with van der Waals surface area (Å²) in [5, 5.41) is 9.50. The Morgan fingerprint density at radius 3 is 1.43 bits per heavy atom. The molecule has 1 fully saturated rings. The molecule has 0 saturated carbocycles. The molecule has 4 aromatic rings. The summed E-state index contributed by atoms with van der Waals surface area (Å²) in [5.41, 5.74) is 2.37.